The minimum absolute atomic E-state index is 0.380. The summed E-state index contributed by atoms with van der Waals surface area (Å²) in [5.41, 5.74) is 2.86. The number of rotatable bonds is 5. The van der Waals surface area contributed by atoms with Crippen LogP contribution in [0.15, 0.2) is 36.4 Å². The van der Waals surface area contributed by atoms with Crippen LogP contribution < -0.4 is 10.6 Å². The summed E-state index contributed by atoms with van der Waals surface area (Å²) in [4.78, 5) is 19.4. The third kappa shape index (κ3) is 4.88. The molecule has 1 aliphatic carbocycles. The number of benzene rings is 1. The van der Waals surface area contributed by atoms with E-state index in [0.717, 1.165) is 29.3 Å². The highest BCUT2D eigenvalue weighted by molar-refractivity contribution is 7.80. The van der Waals surface area contributed by atoms with Gasteiger partial charge in [0.25, 0.3) is 0 Å². The Balaban J connectivity index is 1.48. The first-order valence-corrected chi connectivity index (χ1v) is 11.9. The van der Waals surface area contributed by atoms with Crippen molar-refractivity contribution in [3.8, 4) is 0 Å². The van der Waals surface area contributed by atoms with Crippen LogP contribution in [0.5, 0.6) is 0 Å². The molecule has 30 heavy (non-hydrogen) atoms. The molecular formula is C22H23N3O2S3. The SMILES string of the molecule is COC(=O)c1cc(Cc2ccccc2)sc1NC(=S)Nc1nc2c(s1)CC(C)CC2. The Kier molecular flexibility index (Phi) is 6.46. The number of carbonyl (C=O) groups excluding carboxylic acids is 1. The van der Waals surface area contributed by atoms with Crippen LogP contribution in [0.1, 0.15) is 44.7 Å². The van der Waals surface area contributed by atoms with Gasteiger partial charge in [-0.3, -0.25) is 0 Å². The number of hydrogen-bond acceptors (Lipinski definition) is 6. The molecule has 5 nitrogen and oxygen atoms in total. The average molecular weight is 458 g/mol. The smallest absolute Gasteiger partial charge is 0.340 e. The number of nitrogens with one attached hydrogen (secondary N) is 2. The van der Waals surface area contributed by atoms with E-state index in [1.807, 2.05) is 24.3 Å². The average Bonchev–Trinajstić information content (AvgIpc) is 3.30. The van der Waals surface area contributed by atoms with Crippen LogP contribution in [0.3, 0.4) is 0 Å². The number of methoxy groups -OCH3 is 1. The fourth-order valence-electron chi connectivity index (χ4n) is 3.51. The van der Waals surface area contributed by atoms with E-state index >= 15 is 0 Å². The first kappa shape index (κ1) is 21.0. The molecule has 3 aromatic rings. The molecule has 1 atom stereocenters. The number of carbonyl (C=O) groups is 1. The second-order valence-electron chi connectivity index (χ2n) is 7.43. The largest absolute Gasteiger partial charge is 0.465 e. The van der Waals surface area contributed by atoms with E-state index in [1.54, 1.807) is 11.3 Å². The predicted octanol–water partition coefficient (Wildman–Crippen LogP) is 5.52. The van der Waals surface area contributed by atoms with Crippen molar-refractivity contribution in [1.29, 1.82) is 0 Å². The molecule has 0 aliphatic heterocycles. The summed E-state index contributed by atoms with van der Waals surface area (Å²) in [5.74, 6) is 0.321. The molecule has 156 valence electrons. The minimum atomic E-state index is -0.380. The third-order valence-corrected chi connectivity index (χ3v) is 7.33. The maximum absolute atomic E-state index is 12.3. The van der Waals surface area contributed by atoms with Crippen molar-refractivity contribution in [1.82, 2.24) is 4.98 Å². The summed E-state index contributed by atoms with van der Waals surface area (Å²) in [6.07, 6.45) is 4.03. The highest BCUT2D eigenvalue weighted by atomic mass is 32.1. The molecule has 0 amide bonds. The van der Waals surface area contributed by atoms with Gasteiger partial charge in [0, 0.05) is 16.2 Å². The Morgan fingerprint density at radius 3 is 2.83 bits per heavy atom. The number of thiazole rings is 1. The van der Waals surface area contributed by atoms with Gasteiger partial charge in [0.15, 0.2) is 10.2 Å². The van der Waals surface area contributed by atoms with Gasteiger partial charge >= 0.3 is 5.97 Å². The van der Waals surface area contributed by atoms with Gasteiger partial charge in [-0.1, -0.05) is 37.3 Å². The maximum Gasteiger partial charge on any atom is 0.340 e. The van der Waals surface area contributed by atoms with E-state index in [4.69, 9.17) is 21.9 Å². The number of hydrogen-bond donors (Lipinski definition) is 2. The first-order chi connectivity index (χ1) is 14.5. The van der Waals surface area contributed by atoms with Gasteiger partial charge in [-0.05, 0) is 49.0 Å². The number of aryl methyl sites for hydroxylation is 1. The lowest BCUT2D eigenvalue weighted by Crippen LogP contribution is -2.19. The van der Waals surface area contributed by atoms with Crippen molar-refractivity contribution >= 4 is 56.1 Å². The lowest BCUT2D eigenvalue weighted by Gasteiger charge is -2.15. The number of thiocarbonyl (C=S) groups is 1. The van der Waals surface area contributed by atoms with Crippen LogP contribution >= 0.6 is 34.9 Å². The van der Waals surface area contributed by atoms with E-state index < -0.39 is 0 Å². The molecule has 8 heteroatoms. The molecule has 0 saturated heterocycles. The fourth-order valence-corrected chi connectivity index (χ4v) is 6.09. The summed E-state index contributed by atoms with van der Waals surface area (Å²) in [6.45, 7) is 2.28. The molecule has 1 aliphatic rings. The number of anilines is 2. The summed E-state index contributed by atoms with van der Waals surface area (Å²) >= 11 is 8.67. The van der Waals surface area contributed by atoms with Gasteiger partial charge in [-0.2, -0.15) is 0 Å². The van der Waals surface area contributed by atoms with Gasteiger partial charge in [-0.15, -0.1) is 22.7 Å². The zero-order valence-corrected chi connectivity index (χ0v) is 19.3. The van der Waals surface area contributed by atoms with Crippen LogP contribution in [0, 0.1) is 5.92 Å². The number of ether oxygens (including phenoxy) is 1. The van der Waals surface area contributed by atoms with Crippen molar-refractivity contribution in [2.45, 2.75) is 32.6 Å². The lowest BCUT2D eigenvalue weighted by molar-refractivity contribution is 0.0602. The zero-order valence-electron chi connectivity index (χ0n) is 16.9. The van der Waals surface area contributed by atoms with Crippen LogP contribution in [0.4, 0.5) is 10.1 Å². The summed E-state index contributed by atoms with van der Waals surface area (Å²) < 4.78 is 4.96. The van der Waals surface area contributed by atoms with Crippen molar-refractivity contribution in [3.63, 3.8) is 0 Å². The lowest BCUT2D eigenvalue weighted by atomic mass is 9.93. The number of esters is 1. The summed E-state index contributed by atoms with van der Waals surface area (Å²) in [7, 11) is 1.39. The van der Waals surface area contributed by atoms with Crippen molar-refractivity contribution in [2.75, 3.05) is 17.7 Å². The Labute approximate surface area is 189 Å². The molecule has 1 unspecified atom stereocenters. The second kappa shape index (κ2) is 9.24. The molecule has 0 spiro atoms. The monoisotopic (exact) mass is 457 g/mol. The summed E-state index contributed by atoms with van der Waals surface area (Å²) in [6, 6.07) is 12.0. The number of thiophene rings is 1. The van der Waals surface area contributed by atoms with Crippen LogP contribution in [0.25, 0.3) is 0 Å². The molecule has 0 saturated carbocycles. The van der Waals surface area contributed by atoms with Gasteiger partial charge in [0.05, 0.1) is 18.4 Å². The molecule has 0 bridgehead atoms. The Bertz CT molecular complexity index is 1060. The molecule has 1 aromatic carbocycles. The van der Waals surface area contributed by atoms with E-state index in [2.05, 4.69) is 29.7 Å². The standard InChI is InChI=1S/C22H23N3O2S3/c1-13-8-9-17-18(10-13)30-22(23-17)25-21(28)24-19-16(20(26)27-2)12-15(29-19)11-14-6-4-3-5-7-14/h3-7,12-13H,8-11H2,1-2H3,(H2,23,24,25,28). The normalized spacial score (nSPS) is 15.3. The van der Waals surface area contributed by atoms with Crippen LogP contribution in [-0.2, 0) is 24.0 Å². The van der Waals surface area contributed by atoms with Crippen LogP contribution in [-0.4, -0.2) is 23.2 Å². The minimum Gasteiger partial charge on any atom is -0.465 e. The molecule has 4 rings (SSSR count). The summed E-state index contributed by atoms with van der Waals surface area (Å²) in [5, 5.41) is 8.26. The highest BCUT2D eigenvalue weighted by Crippen LogP contribution is 2.33. The first-order valence-electron chi connectivity index (χ1n) is 9.83. The van der Waals surface area contributed by atoms with Crippen LogP contribution in [0.2, 0.25) is 0 Å². The van der Waals surface area contributed by atoms with E-state index in [1.165, 1.54) is 41.0 Å². The van der Waals surface area contributed by atoms with Crippen molar-refractivity contribution in [3.05, 3.63) is 63.0 Å². The van der Waals surface area contributed by atoms with Gasteiger partial charge in [-0.25, -0.2) is 9.78 Å². The predicted molar refractivity (Wildman–Crippen MR) is 128 cm³/mol. The Morgan fingerprint density at radius 1 is 1.27 bits per heavy atom. The van der Waals surface area contributed by atoms with Gasteiger partial charge < -0.3 is 15.4 Å². The number of aromatic nitrogens is 1. The van der Waals surface area contributed by atoms with Gasteiger partial charge in [0.2, 0.25) is 0 Å². The van der Waals surface area contributed by atoms with E-state index in [-0.39, 0.29) is 5.97 Å². The topological polar surface area (TPSA) is 63.2 Å². The quantitative estimate of drug-likeness (QED) is 0.389. The molecule has 0 radical (unpaired) electrons. The number of fused-ring (bicyclic) bond motifs is 1. The Morgan fingerprint density at radius 2 is 2.07 bits per heavy atom. The maximum atomic E-state index is 12.3. The number of nitrogens with zero attached hydrogens (tertiary/aromatic N) is 1. The third-order valence-electron chi connectivity index (χ3n) is 5.04. The molecule has 2 aromatic heterocycles. The highest BCUT2D eigenvalue weighted by Gasteiger charge is 2.21. The molecule has 2 heterocycles. The molecular weight excluding hydrogens is 434 g/mol. The van der Waals surface area contributed by atoms with Crippen molar-refractivity contribution in [2.24, 2.45) is 5.92 Å². The van der Waals surface area contributed by atoms with Gasteiger partial charge in [0.1, 0.15) is 5.00 Å². The fraction of sp³-hybridized carbons (Fsp3) is 0.318. The second-order valence-corrected chi connectivity index (χ2v) is 10.1. The van der Waals surface area contributed by atoms with Crippen molar-refractivity contribution < 1.29 is 9.53 Å². The Hall–Kier alpha value is -2.29. The zero-order chi connectivity index (χ0) is 21.1. The van der Waals surface area contributed by atoms with E-state index in [9.17, 15) is 4.79 Å². The molecule has 2 N–H and O–H groups in total. The van der Waals surface area contributed by atoms with E-state index in [0.29, 0.717) is 21.6 Å². The molecule has 0 fully saturated rings.